The van der Waals surface area contributed by atoms with E-state index in [-0.39, 0.29) is 5.75 Å². The summed E-state index contributed by atoms with van der Waals surface area (Å²) in [6.45, 7) is 0.475. The van der Waals surface area contributed by atoms with E-state index in [9.17, 15) is 9.59 Å². The molecule has 3 N–H and O–H groups in total. The van der Waals surface area contributed by atoms with Crippen molar-refractivity contribution < 1.29 is 9.59 Å². The summed E-state index contributed by atoms with van der Waals surface area (Å²) in [7, 11) is 0. The number of aromatic nitrogens is 3. The molecule has 0 aliphatic rings. The molecule has 7 nitrogen and oxygen atoms in total. The molecule has 27 heavy (non-hydrogen) atoms. The molecule has 0 saturated heterocycles. The fourth-order valence-electron chi connectivity index (χ4n) is 2.18. The molecule has 0 atom stereocenters. The third-order valence-electron chi connectivity index (χ3n) is 3.42. The van der Waals surface area contributed by atoms with E-state index >= 15 is 0 Å². The first-order valence-corrected chi connectivity index (χ1v) is 10.7. The third kappa shape index (κ3) is 5.91. The number of thioether (sulfide) groups is 1. The number of aromatic amines is 1. The maximum Gasteiger partial charge on any atom is 0.321 e. The second kappa shape index (κ2) is 9.67. The van der Waals surface area contributed by atoms with Gasteiger partial charge in [-0.3, -0.25) is 15.2 Å². The van der Waals surface area contributed by atoms with Gasteiger partial charge in [-0.1, -0.05) is 52.0 Å². The number of urea groups is 1. The molecule has 0 aliphatic carbocycles. The summed E-state index contributed by atoms with van der Waals surface area (Å²) < 4.78 is 0.898. The molecule has 3 rings (SSSR count). The smallest absolute Gasteiger partial charge is 0.321 e. The van der Waals surface area contributed by atoms with Crippen molar-refractivity contribution in [2.45, 2.75) is 11.6 Å². The third-order valence-corrected chi connectivity index (χ3v) is 5.89. The summed E-state index contributed by atoms with van der Waals surface area (Å²) >= 11 is 6.25. The SMILES string of the molecule is O=C(CSc1n[nH]c(-c2ccccc2Br)n1)NC(=O)NCCc1cccs1. The van der Waals surface area contributed by atoms with Gasteiger partial charge in [-0.2, -0.15) is 0 Å². The molecule has 2 aromatic heterocycles. The molecular weight excluding hydrogens is 450 g/mol. The highest BCUT2D eigenvalue weighted by Gasteiger charge is 2.12. The molecule has 140 valence electrons. The van der Waals surface area contributed by atoms with Crippen LogP contribution in [0.4, 0.5) is 4.79 Å². The number of rotatable bonds is 7. The van der Waals surface area contributed by atoms with Crippen LogP contribution < -0.4 is 10.6 Å². The minimum absolute atomic E-state index is 0.0472. The monoisotopic (exact) mass is 465 g/mol. The van der Waals surface area contributed by atoms with Gasteiger partial charge in [0.05, 0.1) is 5.75 Å². The Balaban J connectivity index is 1.41. The Morgan fingerprint density at radius 2 is 2.07 bits per heavy atom. The minimum atomic E-state index is -0.499. The quantitative estimate of drug-likeness (QED) is 0.464. The normalized spacial score (nSPS) is 10.6. The first kappa shape index (κ1) is 19.6. The number of nitrogens with zero attached hydrogens (tertiary/aromatic N) is 2. The Bertz CT molecular complexity index is 914. The zero-order valence-electron chi connectivity index (χ0n) is 14.1. The van der Waals surface area contributed by atoms with Crippen LogP contribution in [0.3, 0.4) is 0 Å². The number of hydrogen-bond donors (Lipinski definition) is 3. The molecule has 0 unspecified atom stereocenters. The van der Waals surface area contributed by atoms with Crippen molar-refractivity contribution >= 4 is 51.0 Å². The van der Waals surface area contributed by atoms with E-state index in [2.05, 4.69) is 41.7 Å². The van der Waals surface area contributed by atoms with Gasteiger partial charge >= 0.3 is 6.03 Å². The molecule has 0 bridgehead atoms. The van der Waals surface area contributed by atoms with E-state index in [1.165, 1.54) is 4.88 Å². The molecule has 0 spiro atoms. The van der Waals surface area contributed by atoms with Gasteiger partial charge < -0.3 is 5.32 Å². The molecule has 0 fully saturated rings. The van der Waals surface area contributed by atoms with E-state index in [0.29, 0.717) is 17.5 Å². The highest BCUT2D eigenvalue weighted by molar-refractivity contribution is 9.10. The number of carbonyl (C=O) groups excluding carboxylic acids is 2. The van der Waals surface area contributed by atoms with Crippen LogP contribution in [0.15, 0.2) is 51.4 Å². The number of halogens is 1. The first-order valence-electron chi connectivity index (χ1n) is 8.02. The number of amides is 3. The molecule has 0 saturated carbocycles. The van der Waals surface area contributed by atoms with Crippen molar-refractivity contribution in [3.63, 3.8) is 0 Å². The van der Waals surface area contributed by atoms with Gasteiger partial charge in [-0.05, 0) is 23.9 Å². The summed E-state index contributed by atoms with van der Waals surface area (Å²) in [5.41, 5.74) is 0.881. The molecule has 1 aromatic carbocycles. The fraction of sp³-hybridized carbons (Fsp3) is 0.176. The number of thiophene rings is 1. The van der Waals surface area contributed by atoms with Crippen molar-refractivity contribution in [3.8, 4) is 11.4 Å². The lowest BCUT2D eigenvalue weighted by atomic mass is 10.2. The average molecular weight is 466 g/mol. The Kier molecular flexibility index (Phi) is 7.02. The van der Waals surface area contributed by atoms with Gasteiger partial charge in [0, 0.05) is 21.5 Å². The number of carbonyl (C=O) groups is 2. The average Bonchev–Trinajstić information content (AvgIpc) is 3.32. The van der Waals surface area contributed by atoms with Gasteiger partial charge in [-0.25, -0.2) is 9.78 Å². The van der Waals surface area contributed by atoms with Gasteiger partial charge in [0.15, 0.2) is 5.82 Å². The van der Waals surface area contributed by atoms with Crippen LogP contribution in [0.25, 0.3) is 11.4 Å². The van der Waals surface area contributed by atoms with E-state index in [4.69, 9.17) is 0 Å². The van der Waals surface area contributed by atoms with Crippen LogP contribution in [0.5, 0.6) is 0 Å². The number of nitrogens with one attached hydrogen (secondary N) is 3. The summed E-state index contributed by atoms with van der Waals surface area (Å²) in [5.74, 6) is 0.253. The second-order valence-corrected chi connectivity index (χ2v) is 8.20. The van der Waals surface area contributed by atoms with Gasteiger partial charge in [0.1, 0.15) is 0 Å². The lowest BCUT2D eigenvalue weighted by molar-refractivity contribution is -0.117. The van der Waals surface area contributed by atoms with Crippen LogP contribution in [0, 0.1) is 0 Å². The molecule has 10 heteroatoms. The van der Waals surface area contributed by atoms with Crippen molar-refractivity contribution in [2.75, 3.05) is 12.3 Å². The van der Waals surface area contributed by atoms with Gasteiger partial charge in [0.2, 0.25) is 11.1 Å². The van der Waals surface area contributed by atoms with Crippen molar-refractivity contribution in [1.29, 1.82) is 0 Å². The molecule has 3 amide bonds. The number of hydrogen-bond acceptors (Lipinski definition) is 6. The number of imide groups is 1. The van der Waals surface area contributed by atoms with Crippen molar-refractivity contribution in [3.05, 3.63) is 51.1 Å². The van der Waals surface area contributed by atoms with Crippen LogP contribution in [-0.2, 0) is 11.2 Å². The zero-order valence-corrected chi connectivity index (χ0v) is 17.3. The predicted octanol–water partition coefficient (Wildman–Crippen LogP) is 3.46. The standard InChI is InChI=1S/C17H16BrN5O2S2/c18-13-6-2-1-5-12(13)15-21-17(23-22-15)27-10-14(24)20-16(25)19-8-7-11-4-3-9-26-11/h1-6,9H,7-8,10H2,(H,21,22,23)(H2,19,20,24,25). The highest BCUT2D eigenvalue weighted by atomic mass is 79.9. The maximum atomic E-state index is 11.9. The fourth-order valence-corrected chi connectivity index (χ4v) is 3.96. The summed E-state index contributed by atoms with van der Waals surface area (Å²) in [4.78, 5) is 29.2. The number of H-pyrrole nitrogens is 1. The van der Waals surface area contributed by atoms with Crippen molar-refractivity contribution in [1.82, 2.24) is 25.8 Å². The summed E-state index contributed by atoms with van der Waals surface area (Å²) in [6.07, 6.45) is 0.739. The van der Waals surface area contributed by atoms with Gasteiger partial charge in [-0.15, -0.1) is 16.4 Å². The van der Waals surface area contributed by atoms with Crippen LogP contribution >= 0.6 is 39.0 Å². The molecule has 3 aromatic rings. The molecule has 2 heterocycles. The van der Waals surface area contributed by atoms with E-state index in [1.54, 1.807) is 11.3 Å². The molecular formula is C17H16BrN5O2S2. The Hall–Kier alpha value is -2.17. The first-order chi connectivity index (χ1) is 13.1. The van der Waals surface area contributed by atoms with E-state index in [1.807, 2.05) is 41.8 Å². The van der Waals surface area contributed by atoms with Crippen molar-refractivity contribution in [2.24, 2.45) is 0 Å². The second-order valence-electron chi connectivity index (χ2n) is 5.37. The van der Waals surface area contributed by atoms with Gasteiger partial charge in [0.25, 0.3) is 0 Å². The Morgan fingerprint density at radius 1 is 1.22 bits per heavy atom. The lowest BCUT2D eigenvalue weighted by Gasteiger charge is -2.05. The highest BCUT2D eigenvalue weighted by Crippen LogP contribution is 2.26. The molecule has 0 radical (unpaired) electrons. The Labute approximate surface area is 172 Å². The van der Waals surface area contributed by atoms with Crippen LogP contribution in [0.2, 0.25) is 0 Å². The van der Waals surface area contributed by atoms with Crippen LogP contribution in [0.1, 0.15) is 4.88 Å². The minimum Gasteiger partial charge on any atom is -0.337 e. The molecule has 0 aliphatic heterocycles. The summed E-state index contributed by atoms with van der Waals surface area (Å²) in [6, 6.07) is 11.1. The van der Waals surface area contributed by atoms with Crippen LogP contribution in [-0.4, -0.2) is 39.4 Å². The summed E-state index contributed by atoms with van der Waals surface area (Å²) in [5, 5.41) is 14.3. The maximum absolute atomic E-state index is 11.9. The number of benzene rings is 1. The Morgan fingerprint density at radius 3 is 2.85 bits per heavy atom. The topological polar surface area (TPSA) is 99.8 Å². The lowest BCUT2D eigenvalue weighted by Crippen LogP contribution is -2.41. The zero-order chi connectivity index (χ0) is 19.1. The largest absolute Gasteiger partial charge is 0.337 e. The predicted molar refractivity (Wildman–Crippen MR) is 110 cm³/mol. The van der Waals surface area contributed by atoms with E-state index < -0.39 is 11.9 Å². The van der Waals surface area contributed by atoms with E-state index in [0.717, 1.165) is 28.2 Å².